The highest BCUT2D eigenvalue weighted by Gasteiger charge is 2.10. The van der Waals surface area contributed by atoms with Gasteiger partial charge in [0, 0.05) is 24.0 Å². The van der Waals surface area contributed by atoms with E-state index in [1.54, 1.807) is 6.20 Å². The molecule has 3 rings (SSSR count). The first kappa shape index (κ1) is 18.8. The van der Waals surface area contributed by atoms with Crippen molar-refractivity contribution in [2.75, 3.05) is 0 Å². The predicted octanol–water partition coefficient (Wildman–Crippen LogP) is 5.20. The lowest BCUT2D eigenvalue weighted by molar-refractivity contribution is 0.0938. The number of nitrogens with one attached hydrogen (secondary N) is 1. The molecule has 1 amide bonds. The lowest BCUT2D eigenvalue weighted by Crippen LogP contribution is -2.32. The van der Waals surface area contributed by atoms with Crippen LogP contribution in [0.1, 0.15) is 41.3 Å². The Morgan fingerprint density at radius 1 is 1.00 bits per heavy atom. The van der Waals surface area contributed by atoms with Crippen molar-refractivity contribution in [3.63, 3.8) is 0 Å². The summed E-state index contributed by atoms with van der Waals surface area (Å²) in [6.45, 7) is 4.14. The lowest BCUT2D eigenvalue weighted by Gasteiger charge is -2.14. The van der Waals surface area contributed by atoms with Crippen molar-refractivity contribution >= 4 is 5.91 Å². The molecule has 27 heavy (non-hydrogen) atoms. The molecule has 0 aliphatic heterocycles. The summed E-state index contributed by atoms with van der Waals surface area (Å²) in [4.78, 5) is 16.6. The maximum absolute atomic E-state index is 12.5. The number of carbonyl (C=O) groups excluding carboxylic acids is 1. The molecule has 0 saturated carbocycles. The van der Waals surface area contributed by atoms with Gasteiger partial charge in [0.1, 0.15) is 0 Å². The van der Waals surface area contributed by atoms with Crippen LogP contribution >= 0.6 is 0 Å². The van der Waals surface area contributed by atoms with Gasteiger partial charge in [-0.1, -0.05) is 48.0 Å². The Hall–Kier alpha value is -2.94. The maximum Gasteiger partial charge on any atom is 0.251 e. The van der Waals surface area contributed by atoms with Crippen LogP contribution in [-0.4, -0.2) is 16.9 Å². The van der Waals surface area contributed by atoms with Gasteiger partial charge >= 0.3 is 0 Å². The number of carbonyl (C=O) groups is 1. The van der Waals surface area contributed by atoms with Crippen LogP contribution in [0.2, 0.25) is 0 Å². The van der Waals surface area contributed by atoms with Crippen LogP contribution in [0.5, 0.6) is 0 Å². The van der Waals surface area contributed by atoms with Crippen molar-refractivity contribution in [1.82, 2.24) is 10.3 Å². The first-order valence-corrected chi connectivity index (χ1v) is 9.49. The van der Waals surface area contributed by atoms with Crippen LogP contribution < -0.4 is 5.32 Å². The molecule has 0 radical (unpaired) electrons. The normalized spacial score (nSPS) is 11.8. The van der Waals surface area contributed by atoms with Crippen molar-refractivity contribution < 1.29 is 4.79 Å². The van der Waals surface area contributed by atoms with Crippen LogP contribution in [0, 0.1) is 6.92 Å². The van der Waals surface area contributed by atoms with E-state index in [2.05, 4.69) is 54.5 Å². The minimum Gasteiger partial charge on any atom is -0.350 e. The molecule has 138 valence electrons. The monoisotopic (exact) mass is 358 g/mol. The van der Waals surface area contributed by atoms with Gasteiger partial charge in [0.2, 0.25) is 0 Å². The first-order valence-electron chi connectivity index (χ1n) is 9.49. The molecular formula is C24H26N2O. The van der Waals surface area contributed by atoms with E-state index >= 15 is 0 Å². The summed E-state index contributed by atoms with van der Waals surface area (Å²) in [5.41, 5.74) is 5.47. The van der Waals surface area contributed by atoms with Crippen LogP contribution in [0.3, 0.4) is 0 Å². The average Bonchev–Trinajstić information content (AvgIpc) is 2.69. The molecule has 0 saturated heterocycles. The number of pyridine rings is 1. The Morgan fingerprint density at radius 2 is 1.67 bits per heavy atom. The van der Waals surface area contributed by atoms with E-state index in [4.69, 9.17) is 0 Å². The van der Waals surface area contributed by atoms with Crippen LogP contribution in [0.4, 0.5) is 0 Å². The highest BCUT2D eigenvalue weighted by molar-refractivity contribution is 5.94. The summed E-state index contributed by atoms with van der Waals surface area (Å²) in [6, 6.07) is 20.4. The molecule has 2 aromatic carbocycles. The Labute approximate surface area is 161 Å². The third kappa shape index (κ3) is 5.52. The number of rotatable bonds is 7. The summed E-state index contributed by atoms with van der Waals surface area (Å²) in [5, 5.41) is 3.09. The Bertz CT molecular complexity index is 855. The molecule has 1 aromatic heterocycles. The highest BCUT2D eigenvalue weighted by atomic mass is 16.1. The Balaban J connectivity index is 1.50. The maximum atomic E-state index is 12.5. The number of benzene rings is 2. The molecule has 0 aliphatic carbocycles. The predicted molar refractivity (Wildman–Crippen MR) is 111 cm³/mol. The van der Waals surface area contributed by atoms with E-state index in [9.17, 15) is 4.79 Å². The molecule has 3 nitrogen and oxygen atoms in total. The lowest BCUT2D eigenvalue weighted by atomic mass is 10.0. The molecule has 3 heteroatoms. The fourth-order valence-corrected chi connectivity index (χ4v) is 3.10. The topological polar surface area (TPSA) is 42.0 Å². The van der Waals surface area contributed by atoms with E-state index in [1.165, 1.54) is 11.1 Å². The molecule has 1 atom stereocenters. The van der Waals surface area contributed by atoms with Gasteiger partial charge in [-0.25, -0.2) is 0 Å². The minimum absolute atomic E-state index is 0.0145. The summed E-state index contributed by atoms with van der Waals surface area (Å²) in [6.07, 6.45) is 6.65. The van der Waals surface area contributed by atoms with Gasteiger partial charge < -0.3 is 5.32 Å². The fraction of sp³-hybridized carbons (Fsp3) is 0.250. The SMILES string of the molecule is Cc1ccc(-c2ccc(C(=O)NC(C)CCCc3cccnc3)cc2)cc1. The zero-order valence-electron chi connectivity index (χ0n) is 16.0. The summed E-state index contributed by atoms with van der Waals surface area (Å²) in [5.74, 6) is -0.0145. The van der Waals surface area contributed by atoms with E-state index < -0.39 is 0 Å². The number of hydrogen-bond acceptors (Lipinski definition) is 2. The fourth-order valence-electron chi connectivity index (χ4n) is 3.10. The van der Waals surface area contributed by atoms with Gasteiger partial charge in [-0.3, -0.25) is 9.78 Å². The highest BCUT2D eigenvalue weighted by Crippen LogP contribution is 2.20. The summed E-state index contributed by atoms with van der Waals surface area (Å²) in [7, 11) is 0. The second-order valence-corrected chi connectivity index (χ2v) is 7.07. The third-order valence-electron chi connectivity index (χ3n) is 4.73. The van der Waals surface area contributed by atoms with Crippen LogP contribution in [0.15, 0.2) is 73.1 Å². The molecule has 0 bridgehead atoms. The van der Waals surface area contributed by atoms with Crippen molar-refractivity contribution in [1.29, 1.82) is 0 Å². The van der Waals surface area contributed by atoms with Crippen LogP contribution in [0.25, 0.3) is 11.1 Å². The number of amides is 1. The average molecular weight is 358 g/mol. The number of nitrogens with zero attached hydrogens (tertiary/aromatic N) is 1. The largest absolute Gasteiger partial charge is 0.350 e. The Morgan fingerprint density at radius 3 is 2.30 bits per heavy atom. The molecule has 1 unspecified atom stereocenters. The molecule has 3 aromatic rings. The molecule has 0 spiro atoms. The standard InChI is InChI=1S/C24H26N2O/c1-18-8-10-21(11-9-18)22-12-14-23(15-13-22)24(27)26-19(2)5-3-6-20-7-4-16-25-17-20/h4,7-17,19H,3,5-6H2,1-2H3,(H,26,27). The van der Waals surface area contributed by atoms with Gasteiger partial charge in [-0.2, -0.15) is 0 Å². The number of hydrogen-bond donors (Lipinski definition) is 1. The second-order valence-electron chi connectivity index (χ2n) is 7.07. The summed E-state index contributed by atoms with van der Waals surface area (Å²) < 4.78 is 0. The number of aromatic nitrogens is 1. The molecule has 1 heterocycles. The zero-order chi connectivity index (χ0) is 19.1. The summed E-state index contributed by atoms with van der Waals surface area (Å²) >= 11 is 0. The van der Waals surface area contributed by atoms with Crippen molar-refractivity contribution in [2.24, 2.45) is 0 Å². The number of aryl methyl sites for hydroxylation is 2. The van der Waals surface area contributed by atoms with Crippen molar-refractivity contribution in [2.45, 2.75) is 39.2 Å². The van der Waals surface area contributed by atoms with Crippen molar-refractivity contribution in [3.05, 3.63) is 89.7 Å². The van der Waals surface area contributed by atoms with Crippen LogP contribution in [-0.2, 0) is 6.42 Å². The van der Waals surface area contributed by atoms with Crippen molar-refractivity contribution in [3.8, 4) is 11.1 Å². The second kappa shape index (κ2) is 9.13. The van der Waals surface area contributed by atoms with Gasteiger partial charge in [0.05, 0.1) is 0 Å². The van der Waals surface area contributed by atoms with E-state index in [0.717, 1.165) is 30.4 Å². The van der Waals surface area contributed by atoms with E-state index in [-0.39, 0.29) is 11.9 Å². The van der Waals surface area contributed by atoms with E-state index in [0.29, 0.717) is 5.56 Å². The molecule has 0 fully saturated rings. The smallest absolute Gasteiger partial charge is 0.251 e. The zero-order valence-corrected chi connectivity index (χ0v) is 16.0. The minimum atomic E-state index is -0.0145. The van der Waals surface area contributed by atoms with Gasteiger partial charge in [0.15, 0.2) is 0 Å². The molecule has 0 aliphatic rings. The molecular weight excluding hydrogens is 332 g/mol. The quantitative estimate of drug-likeness (QED) is 0.631. The van der Waals surface area contributed by atoms with E-state index in [1.807, 2.05) is 36.5 Å². The first-order chi connectivity index (χ1) is 13.1. The third-order valence-corrected chi connectivity index (χ3v) is 4.73. The Kier molecular flexibility index (Phi) is 6.37. The van der Waals surface area contributed by atoms with Gasteiger partial charge in [-0.05, 0) is 68.0 Å². The van der Waals surface area contributed by atoms with Gasteiger partial charge in [-0.15, -0.1) is 0 Å². The molecule has 1 N–H and O–H groups in total. The van der Waals surface area contributed by atoms with Gasteiger partial charge in [0.25, 0.3) is 5.91 Å².